The molecular formula is C17H23N5O2. The van der Waals surface area contributed by atoms with Gasteiger partial charge in [-0.2, -0.15) is 0 Å². The summed E-state index contributed by atoms with van der Waals surface area (Å²) in [6.45, 7) is 7.34. The van der Waals surface area contributed by atoms with Crippen LogP contribution in [0.1, 0.15) is 43.0 Å². The zero-order valence-electron chi connectivity index (χ0n) is 14.3. The van der Waals surface area contributed by atoms with Crippen LogP contribution in [0.4, 0.5) is 10.5 Å². The number of urea groups is 1. The Labute approximate surface area is 141 Å². The molecule has 2 heterocycles. The molecule has 2 N–H and O–H groups in total. The highest BCUT2D eigenvalue weighted by molar-refractivity contribution is 5.89. The SMILES string of the molecule is CCOc1cc(NC(=O)N[C@H]2CCCn3c(C)nnc32)ccc1C. The van der Waals surface area contributed by atoms with Crippen LogP contribution in [-0.4, -0.2) is 27.4 Å². The number of nitrogens with one attached hydrogen (secondary N) is 2. The van der Waals surface area contributed by atoms with Gasteiger partial charge in [-0.1, -0.05) is 6.07 Å². The Balaban J connectivity index is 1.67. The third kappa shape index (κ3) is 3.34. The number of hydrogen-bond donors (Lipinski definition) is 2. The minimum Gasteiger partial charge on any atom is -0.494 e. The van der Waals surface area contributed by atoms with Gasteiger partial charge in [0.1, 0.15) is 11.6 Å². The molecule has 24 heavy (non-hydrogen) atoms. The molecule has 0 unspecified atom stereocenters. The molecular weight excluding hydrogens is 306 g/mol. The lowest BCUT2D eigenvalue weighted by atomic mass is 10.1. The second-order valence-electron chi connectivity index (χ2n) is 5.96. The third-order valence-corrected chi connectivity index (χ3v) is 4.20. The van der Waals surface area contributed by atoms with Crippen molar-refractivity contribution in [1.29, 1.82) is 0 Å². The summed E-state index contributed by atoms with van der Waals surface area (Å²) in [5.74, 6) is 2.49. The highest BCUT2D eigenvalue weighted by atomic mass is 16.5. The molecule has 1 aromatic carbocycles. The van der Waals surface area contributed by atoms with Crippen LogP contribution < -0.4 is 15.4 Å². The molecule has 7 nitrogen and oxygen atoms in total. The van der Waals surface area contributed by atoms with Crippen molar-refractivity contribution in [3.05, 3.63) is 35.4 Å². The first-order valence-electron chi connectivity index (χ1n) is 8.29. The fourth-order valence-corrected chi connectivity index (χ4v) is 2.97. The minimum absolute atomic E-state index is 0.114. The van der Waals surface area contributed by atoms with E-state index in [-0.39, 0.29) is 12.1 Å². The van der Waals surface area contributed by atoms with E-state index in [2.05, 4.69) is 25.4 Å². The van der Waals surface area contributed by atoms with E-state index in [0.717, 1.165) is 42.3 Å². The Morgan fingerprint density at radius 2 is 2.21 bits per heavy atom. The fraction of sp³-hybridized carbons (Fsp3) is 0.471. The molecule has 2 amide bonds. The van der Waals surface area contributed by atoms with Gasteiger partial charge in [0.25, 0.3) is 0 Å². The van der Waals surface area contributed by atoms with Crippen molar-refractivity contribution < 1.29 is 9.53 Å². The van der Waals surface area contributed by atoms with Crippen molar-refractivity contribution in [1.82, 2.24) is 20.1 Å². The van der Waals surface area contributed by atoms with Gasteiger partial charge in [-0.25, -0.2) is 4.79 Å². The summed E-state index contributed by atoms with van der Waals surface area (Å²) in [5.41, 5.74) is 1.74. The molecule has 0 bridgehead atoms. The number of carbonyl (C=O) groups is 1. The van der Waals surface area contributed by atoms with Gasteiger partial charge in [0.15, 0.2) is 5.82 Å². The van der Waals surface area contributed by atoms with E-state index in [1.165, 1.54) is 0 Å². The summed E-state index contributed by atoms with van der Waals surface area (Å²) in [7, 11) is 0. The van der Waals surface area contributed by atoms with E-state index >= 15 is 0 Å². The molecule has 1 aliphatic rings. The van der Waals surface area contributed by atoms with Gasteiger partial charge >= 0.3 is 6.03 Å². The number of fused-ring (bicyclic) bond motifs is 1. The van der Waals surface area contributed by atoms with Crippen LogP contribution in [0.5, 0.6) is 5.75 Å². The average Bonchev–Trinajstić information content (AvgIpc) is 2.93. The first-order chi connectivity index (χ1) is 11.6. The van der Waals surface area contributed by atoms with Crippen LogP contribution in [0.2, 0.25) is 0 Å². The summed E-state index contributed by atoms with van der Waals surface area (Å²) in [6, 6.07) is 5.27. The second kappa shape index (κ2) is 6.90. The Kier molecular flexibility index (Phi) is 4.69. The largest absolute Gasteiger partial charge is 0.494 e. The molecule has 0 spiro atoms. The number of amides is 2. The number of rotatable bonds is 4. The van der Waals surface area contributed by atoms with Crippen molar-refractivity contribution in [2.24, 2.45) is 0 Å². The van der Waals surface area contributed by atoms with Gasteiger partial charge in [0.2, 0.25) is 0 Å². The molecule has 0 saturated heterocycles. The lowest BCUT2D eigenvalue weighted by Gasteiger charge is -2.24. The second-order valence-corrected chi connectivity index (χ2v) is 5.96. The van der Waals surface area contributed by atoms with Crippen molar-refractivity contribution in [2.45, 2.75) is 46.2 Å². The monoisotopic (exact) mass is 329 g/mol. The number of nitrogens with zero attached hydrogens (tertiary/aromatic N) is 3. The van der Waals surface area contributed by atoms with Crippen molar-refractivity contribution in [2.75, 3.05) is 11.9 Å². The van der Waals surface area contributed by atoms with Crippen LogP contribution in [0.3, 0.4) is 0 Å². The maximum absolute atomic E-state index is 12.3. The maximum atomic E-state index is 12.3. The molecule has 0 fully saturated rings. The molecule has 1 aromatic heterocycles. The van der Waals surface area contributed by atoms with E-state index in [1.807, 2.05) is 39.0 Å². The molecule has 3 rings (SSSR count). The van der Waals surface area contributed by atoms with E-state index in [0.29, 0.717) is 12.3 Å². The van der Waals surface area contributed by atoms with Crippen molar-refractivity contribution >= 4 is 11.7 Å². The molecule has 128 valence electrons. The van der Waals surface area contributed by atoms with Crippen LogP contribution in [-0.2, 0) is 6.54 Å². The van der Waals surface area contributed by atoms with Gasteiger partial charge in [0.05, 0.1) is 12.6 Å². The number of aryl methyl sites for hydroxylation is 2. The molecule has 0 aliphatic carbocycles. The lowest BCUT2D eigenvalue weighted by molar-refractivity contribution is 0.244. The fourth-order valence-electron chi connectivity index (χ4n) is 2.97. The number of carbonyl (C=O) groups excluding carboxylic acids is 1. The Morgan fingerprint density at radius 1 is 1.38 bits per heavy atom. The molecule has 0 radical (unpaired) electrons. The highest BCUT2D eigenvalue weighted by Crippen LogP contribution is 2.25. The van der Waals surface area contributed by atoms with Gasteiger partial charge in [-0.15, -0.1) is 10.2 Å². The summed E-state index contributed by atoms with van der Waals surface area (Å²) in [6.07, 6.45) is 1.86. The Hall–Kier alpha value is -2.57. The summed E-state index contributed by atoms with van der Waals surface area (Å²) < 4.78 is 7.63. The lowest BCUT2D eigenvalue weighted by Crippen LogP contribution is -2.36. The average molecular weight is 329 g/mol. The first kappa shape index (κ1) is 16.3. The summed E-state index contributed by atoms with van der Waals surface area (Å²) in [4.78, 5) is 12.3. The molecule has 0 saturated carbocycles. The molecule has 7 heteroatoms. The van der Waals surface area contributed by atoms with Crippen LogP contribution in [0.25, 0.3) is 0 Å². The quantitative estimate of drug-likeness (QED) is 0.903. The summed E-state index contributed by atoms with van der Waals surface area (Å²) >= 11 is 0. The zero-order chi connectivity index (χ0) is 17.1. The van der Waals surface area contributed by atoms with E-state index < -0.39 is 0 Å². The van der Waals surface area contributed by atoms with Crippen LogP contribution in [0.15, 0.2) is 18.2 Å². The predicted octanol–water partition coefficient (Wildman–Crippen LogP) is 2.95. The molecule has 1 atom stereocenters. The number of aromatic nitrogens is 3. The van der Waals surface area contributed by atoms with Crippen LogP contribution in [0, 0.1) is 13.8 Å². The summed E-state index contributed by atoms with van der Waals surface area (Å²) in [5, 5.41) is 14.2. The van der Waals surface area contributed by atoms with Gasteiger partial charge < -0.3 is 19.9 Å². The number of hydrogen-bond acceptors (Lipinski definition) is 4. The highest BCUT2D eigenvalue weighted by Gasteiger charge is 2.25. The maximum Gasteiger partial charge on any atom is 0.319 e. The van der Waals surface area contributed by atoms with E-state index in [1.54, 1.807) is 0 Å². The number of anilines is 1. The Morgan fingerprint density at radius 3 is 3.00 bits per heavy atom. The molecule has 2 aromatic rings. The number of benzene rings is 1. The van der Waals surface area contributed by atoms with Crippen molar-refractivity contribution in [3.63, 3.8) is 0 Å². The zero-order valence-corrected chi connectivity index (χ0v) is 14.3. The minimum atomic E-state index is -0.250. The standard InChI is InChI=1S/C17H23N5O2/c1-4-24-15-10-13(8-7-11(15)2)18-17(23)19-14-6-5-9-22-12(3)20-21-16(14)22/h7-8,10,14H,4-6,9H2,1-3H3,(H2,18,19,23)/t14-/m0/s1. The van der Waals surface area contributed by atoms with Crippen LogP contribution >= 0.6 is 0 Å². The topological polar surface area (TPSA) is 81.1 Å². The Bertz CT molecular complexity index is 741. The van der Waals surface area contributed by atoms with Gasteiger partial charge in [0, 0.05) is 18.3 Å². The third-order valence-electron chi connectivity index (χ3n) is 4.20. The normalized spacial score (nSPS) is 16.4. The van der Waals surface area contributed by atoms with E-state index in [9.17, 15) is 4.79 Å². The van der Waals surface area contributed by atoms with Crippen molar-refractivity contribution in [3.8, 4) is 5.75 Å². The molecule has 1 aliphatic heterocycles. The smallest absolute Gasteiger partial charge is 0.319 e. The first-order valence-corrected chi connectivity index (χ1v) is 8.29. The predicted molar refractivity (Wildman–Crippen MR) is 91.2 cm³/mol. The van der Waals surface area contributed by atoms with E-state index in [4.69, 9.17) is 4.74 Å². The van der Waals surface area contributed by atoms with Gasteiger partial charge in [-0.05, 0) is 45.2 Å². The van der Waals surface area contributed by atoms with Gasteiger partial charge in [-0.3, -0.25) is 0 Å². The number of ether oxygens (including phenoxy) is 1.